The van der Waals surface area contributed by atoms with Gasteiger partial charge in [-0.25, -0.2) is 9.48 Å². The zero-order valence-electron chi connectivity index (χ0n) is 10.4. The van der Waals surface area contributed by atoms with Crippen LogP contribution in [0.3, 0.4) is 0 Å². The van der Waals surface area contributed by atoms with Crippen molar-refractivity contribution >= 4 is 5.82 Å². The Hall–Kier alpha value is -1.63. The molecule has 0 saturated heterocycles. The molecule has 17 heavy (non-hydrogen) atoms. The second-order valence-electron chi connectivity index (χ2n) is 3.80. The number of aliphatic hydroxyl groups is 1. The Balaban J connectivity index is 3.29. The highest BCUT2D eigenvalue weighted by Gasteiger charge is 2.14. The Morgan fingerprint density at radius 2 is 1.94 bits per heavy atom. The predicted molar refractivity (Wildman–Crippen MR) is 64.3 cm³/mol. The Morgan fingerprint density at radius 3 is 2.47 bits per heavy atom. The van der Waals surface area contributed by atoms with Gasteiger partial charge in [-0.2, -0.15) is 0 Å². The molecule has 0 aromatic carbocycles. The van der Waals surface area contributed by atoms with Crippen molar-refractivity contribution in [3.05, 3.63) is 20.8 Å². The van der Waals surface area contributed by atoms with Gasteiger partial charge in [-0.15, -0.1) is 5.10 Å². The van der Waals surface area contributed by atoms with Crippen LogP contribution in [0.25, 0.3) is 0 Å². The third kappa shape index (κ3) is 2.73. The molecule has 1 aromatic rings. The van der Waals surface area contributed by atoms with Crippen LogP contribution < -0.4 is 16.1 Å². The van der Waals surface area contributed by atoms with E-state index < -0.39 is 11.2 Å². The summed E-state index contributed by atoms with van der Waals surface area (Å²) in [5.41, 5.74) is -0.894. The summed E-state index contributed by atoms with van der Waals surface area (Å²) >= 11 is 0. The molecule has 0 radical (unpaired) electrons. The summed E-state index contributed by atoms with van der Waals surface area (Å²) in [5, 5.41) is 12.9. The lowest BCUT2D eigenvalue weighted by Gasteiger charge is -2.21. The van der Waals surface area contributed by atoms with Gasteiger partial charge in [-0.1, -0.05) is 6.92 Å². The zero-order valence-corrected chi connectivity index (χ0v) is 10.4. The number of rotatable bonds is 5. The Bertz CT molecular complexity index is 485. The first kappa shape index (κ1) is 13.4. The summed E-state index contributed by atoms with van der Waals surface area (Å²) in [5.74, 6) is 0.200. The van der Waals surface area contributed by atoms with E-state index in [1.807, 2.05) is 6.92 Å². The standard InChI is InChI=1S/C10H18N4O3/c1-4-5-14(6-7-15)8-9(16)12(2)10(17)13(3)11-8/h15H,4-7H2,1-3H3. The van der Waals surface area contributed by atoms with Crippen LogP contribution in [0.4, 0.5) is 5.82 Å². The minimum atomic E-state index is -0.459. The molecule has 0 aliphatic carbocycles. The van der Waals surface area contributed by atoms with Crippen molar-refractivity contribution in [1.82, 2.24) is 14.3 Å². The van der Waals surface area contributed by atoms with Gasteiger partial charge in [0.05, 0.1) is 6.61 Å². The summed E-state index contributed by atoms with van der Waals surface area (Å²) in [6.45, 7) is 2.85. The van der Waals surface area contributed by atoms with Gasteiger partial charge in [-0.3, -0.25) is 9.36 Å². The maximum absolute atomic E-state index is 11.9. The normalized spacial score (nSPS) is 10.6. The Kier molecular flexibility index (Phi) is 4.45. The van der Waals surface area contributed by atoms with E-state index in [1.165, 1.54) is 14.1 Å². The van der Waals surface area contributed by atoms with Gasteiger partial charge < -0.3 is 10.0 Å². The monoisotopic (exact) mass is 242 g/mol. The Labute approximate surface area is 98.9 Å². The number of aryl methyl sites for hydroxylation is 1. The third-order valence-electron chi connectivity index (χ3n) is 2.47. The van der Waals surface area contributed by atoms with Crippen LogP contribution in [-0.2, 0) is 14.1 Å². The molecule has 0 amide bonds. The fourth-order valence-corrected chi connectivity index (χ4v) is 1.59. The van der Waals surface area contributed by atoms with Gasteiger partial charge in [0.2, 0.25) is 5.82 Å². The molecule has 96 valence electrons. The van der Waals surface area contributed by atoms with Crippen LogP contribution in [-0.4, -0.2) is 39.2 Å². The topological polar surface area (TPSA) is 80.4 Å². The van der Waals surface area contributed by atoms with Crippen molar-refractivity contribution in [3.8, 4) is 0 Å². The molecule has 1 aromatic heterocycles. The molecule has 7 heteroatoms. The second-order valence-corrected chi connectivity index (χ2v) is 3.80. The van der Waals surface area contributed by atoms with E-state index in [-0.39, 0.29) is 12.4 Å². The minimum absolute atomic E-state index is 0.0618. The average Bonchev–Trinajstić information content (AvgIpc) is 2.31. The van der Waals surface area contributed by atoms with Crippen molar-refractivity contribution in [2.45, 2.75) is 13.3 Å². The molecule has 0 aliphatic heterocycles. The number of anilines is 1. The largest absolute Gasteiger partial charge is 0.395 e. The second kappa shape index (κ2) is 5.62. The smallest absolute Gasteiger partial charge is 0.346 e. The molecular weight excluding hydrogens is 224 g/mol. The molecule has 0 fully saturated rings. The first-order valence-corrected chi connectivity index (χ1v) is 5.53. The number of aliphatic hydroxyl groups excluding tert-OH is 1. The van der Waals surface area contributed by atoms with E-state index in [4.69, 9.17) is 5.11 Å². The van der Waals surface area contributed by atoms with E-state index in [1.54, 1.807) is 4.90 Å². The summed E-state index contributed by atoms with van der Waals surface area (Å²) in [7, 11) is 2.91. The van der Waals surface area contributed by atoms with Crippen molar-refractivity contribution in [2.24, 2.45) is 14.1 Å². The first-order chi connectivity index (χ1) is 8.02. The van der Waals surface area contributed by atoms with E-state index >= 15 is 0 Å². The van der Waals surface area contributed by atoms with Crippen molar-refractivity contribution in [1.29, 1.82) is 0 Å². The third-order valence-corrected chi connectivity index (χ3v) is 2.47. The number of hydrogen-bond donors (Lipinski definition) is 1. The lowest BCUT2D eigenvalue weighted by molar-refractivity contribution is 0.301. The van der Waals surface area contributed by atoms with Crippen molar-refractivity contribution < 1.29 is 5.11 Å². The number of hydrogen-bond acceptors (Lipinski definition) is 5. The van der Waals surface area contributed by atoms with Gasteiger partial charge in [0.1, 0.15) is 0 Å². The van der Waals surface area contributed by atoms with Crippen LogP contribution in [0, 0.1) is 0 Å². The van der Waals surface area contributed by atoms with Crippen LogP contribution in [0.2, 0.25) is 0 Å². The Morgan fingerprint density at radius 1 is 1.29 bits per heavy atom. The lowest BCUT2D eigenvalue weighted by Crippen LogP contribution is -2.44. The number of nitrogens with zero attached hydrogens (tertiary/aromatic N) is 4. The van der Waals surface area contributed by atoms with Gasteiger partial charge in [0.25, 0.3) is 5.56 Å². The van der Waals surface area contributed by atoms with E-state index in [0.29, 0.717) is 13.1 Å². The molecule has 0 aliphatic rings. The highest BCUT2D eigenvalue weighted by molar-refractivity contribution is 5.34. The summed E-state index contributed by atoms with van der Waals surface area (Å²) in [4.78, 5) is 25.1. The summed E-state index contributed by atoms with van der Waals surface area (Å²) < 4.78 is 2.14. The fraction of sp³-hybridized carbons (Fsp3) is 0.700. The predicted octanol–water partition coefficient (Wildman–Crippen LogP) is -1.31. The first-order valence-electron chi connectivity index (χ1n) is 5.53. The van der Waals surface area contributed by atoms with Crippen LogP contribution in [0.15, 0.2) is 9.59 Å². The summed E-state index contributed by atoms with van der Waals surface area (Å²) in [6.07, 6.45) is 0.827. The van der Waals surface area contributed by atoms with Crippen LogP contribution >= 0.6 is 0 Å². The van der Waals surface area contributed by atoms with E-state index in [9.17, 15) is 9.59 Å². The molecule has 0 spiro atoms. The fourth-order valence-electron chi connectivity index (χ4n) is 1.59. The van der Waals surface area contributed by atoms with Crippen molar-refractivity contribution in [2.75, 3.05) is 24.6 Å². The van der Waals surface area contributed by atoms with E-state index in [0.717, 1.165) is 15.7 Å². The van der Waals surface area contributed by atoms with Crippen LogP contribution in [0.1, 0.15) is 13.3 Å². The molecular formula is C10H18N4O3. The van der Waals surface area contributed by atoms with Gasteiger partial charge in [0, 0.05) is 27.2 Å². The van der Waals surface area contributed by atoms with Gasteiger partial charge >= 0.3 is 5.69 Å². The SMILES string of the molecule is CCCN(CCO)c1nn(C)c(=O)n(C)c1=O. The molecule has 0 bridgehead atoms. The number of aromatic nitrogens is 3. The highest BCUT2D eigenvalue weighted by Crippen LogP contribution is 2.02. The van der Waals surface area contributed by atoms with Crippen molar-refractivity contribution in [3.63, 3.8) is 0 Å². The molecule has 7 nitrogen and oxygen atoms in total. The molecule has 0 unspecified atom stereocenters. The lowest BCUT2D eigenvalue weighted by atomic mass is 10.4. The maximum Gasteiger partial charge on any atom is 0.346 e. The highest BCUT2D eigenvalue weighted by atomic mass is 16.3. The molecule has 0 atom stereocenters. The van der Waals surface area contributed by atoms with E-state index in [2.05, 4.69) is 5.10 Å². The van der Waals surface area contributed by atoms with Crippen LogP contribution in [0.5, 0.6) is 0 Å². The molecule has 1 heterocycles. The molecule has 0 saturated carbocycles. The van der Waals surface area contributed by atoms with Gasteiger partial charge in [0.15, 0.2) is 0 Å². The van der Waals surface area contributed by atoms with Gasteiger partial charge in [-0.05, 0) is 6.42 Å². The molecule has 1 rings (SSSR count). The molecule has 1 N–H and O–H groups in total. The zero-order chi connectivity index (χ0) is 13.0. The summed E-state index contributed by atoms with van der Waals surface area (Å²) in [6, 6.07) is 0. The average molecular weight is 242 g/mol. The maximum atomic E-state index is 11.9. The minimum Gasteiger partial charge on any atom is -0.395 e. The quantitative estimate of drug-likeness (QED) is 0.693.